The molecule has 1 aliphatic heterocycles. The lowest BCUT2D eigenvalue weighted by atomic mass is 9.89. The van der Waals surface area contributed by atoms with E-state index in [0.29, 0.717) is 17.9 Å². The number of carbonyl (C=O) groups excluding carboxylic acids is 1. The van der Waals surface area contributed by atoms with E-state index in [0.717, 1.165) is 17.7 Å². The molecule has 4 heteroatoms. The maximum Gasteiger partial charge on any atom is 0.252 e. The number of para-hydroxylation sites is 1. The Balaban J connectivity index is 2.08. The summed E-state index contributed by atoms with van der Waals surface area (Å²) >= 11 is 0. The molecule has 0 saturated carbocycles. The first kappa shape index (κ1) is 13.5. The van der Waals surface area contributed by atoms with Gasteiger partial charge < -0.3 is 15.8 Å². The fourth-order valence-corrected chi connectivity index (χ4v) is 2.75. The van der Waals surface area contributed by atoms with Crippen LogP contribution in [0.2, 0.25) is 0 Å². The molecular weight excluding hydrogens is 264 g/mol. The predicted molar refractivity (Wildman–Crippen MR) is 82.5 cm³/mol. The summed E-state index contributed by atoms with van der Waals surface area (Å²) in [6.45, 7) is 2.73. The van der Waals surface area contributed by atoms with Crippen molar-refractivity contribution < 1.29 is 9.53 Å². The summed E-state index contributed by atoms with van der Waals surface area (Å²) in [5.41, 5.74) is 7.28. The molecule has 0 radical (unpaired) electrons. The fourth-order valence-electron chi connectivity index (χ4n) is 2.75. The quantitative estimate of drug-likeness (QED) is 0.909. The summed E-state index contributed by atoms with van der Waals surface area (Å²) < 4.78 is 6.28. The number of carbonyl (C=O) groups is 1. The van der Waals surface area contributed by atoms with Gasteiger partial charge in [-0.2, -0.15) is 0 Å². The number of hydrogen-bond acceptors (Lipinski definition) is 3. The van der Waals surface area contributed by atoms with E-state index in [1.807, 2.05) is 36.4 Å². The zero-order valence-corrected chi connectivity index (χ0v) is 11.9. The molecule has 1 unspecified atom stereocenters. The van der Waals surface area contributed by atoms with Crippen molar-refractivity contribution in [3.8, 4) is 5.75 Å². The Labute approximate surface area is 123 Å². The maximum atomic E-state index is 11.6. The van der Waals surface area contributed by atoms with Crippen LogP contribution in [0.5, 0.6) is 5.75 Å². The van der Waals surface area contributed by atoms with Crippen molar-refractivity contribution in [1.82, 2.24) is 0 Å². The Bertz CT molecular complexity index is 670. The maximum absolute atomic E-state index is 11.6. The molecule has 1 amide bonds. The Morgan fingerprint density at radius 2 is 2.00 bits per heavy atom. The molecule has 3 rings (SSSR count). The second kappa shape index (κ2) is 5.13. The third-order valence-electron chi connectivity index (χ3n) is 4.01. The van der Waals surface area contributed by atoms with Crippen molar-refractivity contribution >= 4 is 11.6 Å². The lowest BCUT2D eigenvalue weighted by Crippen LogP contribution is -2.43. The van der Waals surface area contributed by atoms with Crippen molar-refractivity contribution in [1.29, 1.82) is 0 Å². The van der Waals surface area contributed by atoms with E-state index in [4.69, 9.17) is 10.5 Å². The number of primary amides is 1. The Hall–Kier alpha value is -2.49. The van der Waals surface area contributed by atoms with Gasteiger partial charge in [-0.1, -0.05) is 43.3 Å². The molecule has 0 aliphatic carbocycles. The van der Waals surface area contributed by atoms with Crippen LogP contribution in [-0.2, 0) is 5.60 Å². The van der Waals surface area contributed by atoms with E-state index in [1.165, 1.54) is 0 Å². The summed E-state index contributed by atoms with van der Waals surface area (Å²) in [6, 6.07) is 15.4. The van der Waals surface area contributed by atoms with Gasteiger partial charge in [0, 0.05) is 0 Å². The van der Waals surface area contributed by atoms with Crippen LogP contribution in [0.15, 0.2) is 48.5 Å². The SMILES string of the molecule is CCC1(c2ccccc2)CNc2cccc(C(N)=O)c2O1. The van der Waals surface area contributed by atoms with Gasteiger partial charge >= 0.3 is 0 Å². The normalized spacial score (nSPS) is 20.0. The molecule has 0 saturated heterocycles. The highest BCUT2D eigenvalue weighted by Gasteiger charge is 2.37. The monoisotopic (exact) mass is 282 g/mol. The topological polar surface area (TPSA) is 64.3 Å². The van der Waals surface area contributed by atoms with Crippen LogP contribution in [0.4, 0.5) is 5.69 Å². The number of hydrogen-bond donors (Lipinski definition) is 2. The van der Waals surface area contributed by atoms with E-state index in [1.54, 1.807) is 12.1 Å². The first-order chi connectivity index (χ1) is 10.2. The summed E-state index contributed by atoms with van der Waals surface area (Å²) in [5, 5.41) is 3.37. The van der Waals surface area contributed by atoms with E-state index >= 15 is 0 Å². The summed E-state index contributed by atoms with van der Waals surface area (Å²) in [5.74, 6) is 0.0653. The average molecular weight is 282 g/mol. The highest BCUT2D eigenvalue weighted by Crippen LogP contribution is 2.41. The lowest BCUT2D eigenvalue weighted by molar-refractivity contribution is 0.0665. The molecule has 3 N–H and O–H groups in total. The van der Waals surface area contributed by atoms with Gasteiger partial charge in [0.25, 0.3) is 5.91 Å². The number of fused-ring (bicyclic) bond motifs is 1. The van der Waals surface area contributed by atoms with E-state index in [-0.39, 0.29) is 0 Å². The number of anilines is 1. The summed E-state index contributed by atoms with van der Waals surface area (Å²) in [6.07, 6.45) is 0.788. The minimum Gasteiger partial charge on any atom is -0.478 e. The Kier molecular flexibility index (Phi) is 3.29. The number of amides is 1. The molecule has 0 fully saturated rings. The van der Waals surface area contributed by atoms with Gasteiger partial charge in [-0.3, -0.25) is 4.79 Å². The van der Waals surface area contributed by atoms with E-state index < -0.39 is 11.5 Å². The molecular formula is C17H18N2O2. The highest BCUT2D eigenvalue weighted by molar-refractivity contribution is 5.97. The number of ether oxygens (including phenoxy) is 1. The van der Waals surface area contributed by atoms with Gasteiger partial charge in [-0.25, -0.2) is 0 Å². The number of benzene rings is 2. The Morgan fingerprint density at radius 1 is 1.24 bits per heavy atom. The molecule has 4 nitrogen and oxygen atoms in total. The molecule has 0 spiro atoms. The fraction of sp³-hybridized carbons (Fsp3) is 0.235. The zero-order valence-electron chi connectivity index (χ0n) is 11.9. The van der Waals surface area contributed by atoms with Crippen molar-refractivity contribution in [3.63, 3.8) is 0 Å². The molecule has 0 aromatic heterocycles. The minimum absolute atomic E-state index is 0.411. The molecule has 2 aromatic carbocycles. The van der Waals surface area contributed by atoms with Gasteiger partial charge in [0.1, 0.15) is 0 Å². The van der Waals surface area contributed by atoms with Gasteiger partial charge in [0.2, 0.25) is 0 Å². The van der Waals surface area contributed by atoms with Crippen LogP contribution in [-0.4, -0.2) is 12.5 Å². The number of rotatable bonds is 3. The first-order valence-electron chi connectivity index (χ1n) is 7.07. The van der Waals surface area contributed by atoms with Gasteiger partial charge in [0.05, 0.1) is 17.8 Å². The van der Waals surface area contributed by atoms with Crippen molar-refractivity contribution in [3.05, 3.63) is 59.7 Å². The smallest absolute Gasteiger partial charge is 0.252 e. The highest BCUT2D eigenvalue weighted by atomic mass is 16.5. The largest absolute Gasteiger partial charge is 0.478 e. The van der Waals surface area contributed by atoms with Crippen molar-refractivity contribution in [2.45, 2.75) is 18.9 Å². The number of nitrogens with one attached hydrogen (secondary N) is 1. The second-order valence-electron chi connectivity index (χ2n) is 5.22. The van der Waals surface area contributed by atoms with E-state index in [9.17, 15) is 4.79 Å². The van der Waals surface area contributed by atoms with Crippen molar-refractivity contribution in [2.24, 2.45) is 5.73 Å². The van der Waals surface area contributed by atoms with Crippen molar-refractivity contribution in [2.75, 3.05) is 11.9 Å². The molecule has 1 aliphatic rings. The standard InChI is InChI=1S/C17H18N2O2/c1-2-17(12-7-4-3-5-8-12)11-19-14-10-6-9-13(16(18)20)15(14)21-17/h3-10,19H,2,11H2,1H3,(H2,18,20). The minimum atomic E-state index is -0.486. The molecule has 21 heavy (non-hydrogen) atoms. The second-order valence-corrected chi connectivity index (χ2v) is 5.22. The van der Waals surface area contributed by atoms with Crippen LogP contribution >= 0.6 is 0 Å². The average Bonchev–Trinajstić information content (AvgIpc) is 2.54. The third kappa shape index (κ3) is 2.23. The molecule has 1 atom stereocenters. The van der Waals surface area contributed by atoms with Gasteiger partial charge in [-0.05, 0) is 24.1 Å². The van der Waals surface area contributed by atoms with Crippen LogP contribution in [0.3, 0.4) is 0 Å². The third-order valence-corrected chi connectivity index (χ3v) is 4.01. The van der Waals surface area contributed by atoms with E-state index in [2.05, 4.69) is 12.2 Å². The van der Waals surface area contributed by atoms with Gasteiger partial charge in [-0.15, -0.1) is 0 Å². The van der Waals surface area contributed by atoms with Crippen LogP contribution in [0.1, 0.15) is 29.3 Å². The molecule has 1 heterocycles. The zero-order chi connectivity index (χ0) is 14.9. The molecule has 108 valence electrons. The lowest BCUT2D eigenvalue weighted by Gasteiger charge is -2.39. The molecule has 2 aromatic rings. The summed E-state index contributed by atoms with van der Waals surface area (Å²) in [4.78, 5) is 11.6. The van der Waals surface area contributed by atoms with Crippen LogP contribution in [0.25, 0.3) is 0 Å². The van der Waals surface area contributed by atoms with Gasteiger partial charge in [0.15, 0.2) is 11.4 Å². The summed E-state index contributed by atoms with van der Waals surface area (Å²) in [7, 11) is 0. The molecule has 0 bridgehead atoms. The Morgan fingerprint density at radius 3 is 2.67 bits per heavy atom. The van der Waals surface area contributed by atoms with Crippen LogP contribution in [0, 0.1) is 0 Å². The first-order valence-corrected chi connectivity index (χ1v) is 7.07. The predicted octanol–water partition coefficient (Wildman–Crippen LogP) is 2.90. The van der Waals surface area contributed by atoms with Crippen LogP contribution < -0.4 is 15.8 Å². The number of nitrogens with two attached hydrogens (primary N) is 1.